The molecule has 0 radical (unpaired) electrons. The predicted molar refractivity (Wildman–Crippen MR) is 169 cm³/mol. The van der Waals surface area contributed by atoms with Gasteiger partial charge in [-0.05, 0) is 102 Å². The summed E-state index contributed by atoms with van der Waals surface area (Å²) in [5.41, 5.74) is 5.81. The van der Waals surface area contributed by atoms with Crippen molar-refractivity contribution in [1.29, 1.82) is 0 Å². The van der Waals surface area contributed by atoms with Gasteiger partial charge in [0, 0.05) is 12.6 Å². The maximum atomic E-state index is 14.4. The van der Waals surface area contributed by atoms with E-state index in [2.05, 4.69) is 16.0 Å². The molecule has 0 spiro atoms. The largest absolute Gasteiger partial charge is 0.493 e. The third kappa shape index (κ3) is 7.29. The van der Waals surface area contributed by atoms with Crippen LogP contribution in [0.15, 0.2) is 66.2 Å². The van der Waals surface area contributed by atoms with E-state index in [0.29, 0.717) is 29.4 Å². The first-order chi connectivity index (χ1) is 21.4. The van der Waals surface area contributed by atoms with Gasteiger partial charge in [-0.15, -0.1) is 0 Å². The average molecular weight is 600 g/mol. The van der Waals surface area contributed by atoms with Crippen molar-refractivity contribution in [2.75, 3.05) is 33.9 Å². The van der Waals surface area contributed by atoms with E-state index in [0.717, 1.165) is 59.3 Å². The lowest BCUT2D eigenvalue weighted by Gasteiger charge is -2.23. The fourth-order valence-corrected chi connectivity index (χ4v) is 5.67. The summed E-state index contributed by atoms with van der Waals surface area (Å²) >= 11 is 0. The number of piperidine rings is 1. The number of nitrogens with one attached hydrogen (secondary N) is 3. The summed E-state index contributed by atoms with van der Waals surface area (Å²) in [6.45, 7) is 3.94. The Labute approximate surface area is 257 Å². The highest BCUT2D eigenvalue weighted by molar-refractivity contribution is 6.08. The Morgan fingerprint density at radius 2 is 1.66 bits per heavy atom. The number of benzene rings is 3. The zero-order valence-corrected chi connectivity index (χ0v) is 25.3. The minimum atomic E-state index is -0.367. The topological polar surface area (TPSA) is 97.9 Å². The molecular formula is C35H38FN3O5. The Hall–Kier alpha value is -4.63. The summed E-state index contributed by atoms with van der Waals surface area (Å²) in [5, 5.41) is 9.27. The first-order valence-corrected chi connectivity index (χ1v) is 14.8. The van der Waals surface area contributed by atoms with Crippen molar-refractivity contribution in [2.45, 2.75) is 38.8 Å². The molecule has 3 aromatic carbocycles. The SMILES string of the molecule is COc1cc(/C=C2/C(C)=C(CC(=O)NCc3ccccc3)c3cc(F)ccc32)cc(OC)c1OCC(=O)NC1CCNCC1. The zero-order chi connectivity index (χ0) is 31.1. The molecule has 2 aliphatic rings. The lowest BCUT2D eigenvalue weighted by Crippen LogP contribution is -2.44. The third-order valence-corrected chi connectivity index (χ3v) is 7.97. The first kappa shape index (κ1) is 30.8. The van der Waals surface area contributed by atoms with Crippen LogP contribution in [0.25, 0.3) is 17.2 Å². The fraction of sp³-hybridized carbons (Fsp3) is 0.314. The molecule has 1 aliphatic heterocycles. The standard InChI is InChI=1S/C35H38FN3O5/c1-22-28(27-10-9-25(36)18-30(27)29(22)19-33(40)38-20-23-7-5-4-6-8-23)15-24-16-31(42-2)35(32(17-24)43-3)44-21-34(41)39-26-11-13-37-14-12-26/h4-10,15-18,26,37H,11-14,19-21H2,1-3H3,(H,38,40)(H,39,41)/b28-15-. The number of methoxy groups -OCH3 is 2. The fourth-order valence-electron chi connectivity index (χ4n) is 5.67. The van der Waals surface area contributed by atoms with Crippen LogP contribution < -0.4 is 30.2 Å². The highest BCUT2D eigenvalue weighted by Crippen LogP contribution is 2.45. The predicted octanol–water partition coefficient (Wildman–Crippen LogP) is 5.12. The van der Waals surface area contributed by atoms with Gasteiger partial charge in [0.05, 0.1) is 20.6 Å². The summed E-state index contributed by atoms with van der Waals surface area (Å²) in [4.78, 5) is 25.5. The molecular weight excluding hydrogens is 561 g/mol. The summed E-state index contributed by atoms with van der Waals surface area (Å²) in [7, 11) is 3.05. The van der Waals surface area contributed by atoms with Gasteiger partial charge < -0.3 is 30.2 Å². The minimum Gasteiger partial charge on any atom is -0.493 e. The molecule has 0 aromatic heterocycles. The van der Waals surface area contributed by atoms with Crippen molar-refractivity contribution in [2.24, 2.45) is 0 Å². The molecule has 0 atom stereocenters. The van der Waals surface area contributed by atoms with E-state index in [9.17, 15) is 14.0 Å². The van der Waals surface area contributed by atoms with Crippen molar-refractivity contribution in [3.8, 4) is 17.2 Å². The van der Waals surface area contributed by atoms with Gasteiger partial charge in [0.2, 0.25) is 11.7 Å². The summed E-state index contributed by atoms with van der Waals surface area (Å²) in [6, 6.07) is 18.1. The Morgan fingerprint density at radius 3 is 2.34 bits per heavy atom. The molecule has 5 rings (SSSR count). The number of rotatable bonds is 11. The van der Waals surface area contributed by atoms with Crippen LogP contribution in [0, 0.1) is 5.82 Å². The van der Waals surface area contributed by atoms with Crippen LogP contribution in [-0.4, -0.2) is 51.8 Å². The quantitative estimate of drug-likeness (QED) is 0.283. The second-order valence-corrected chi connectivity index (χ2v) is 10.9. The number of amides is 2. The Balaban J connectivity index is 1.38. The van der Waals surface area contributed by atoms with Gasteiger partial charge in [0.25, 0.3) is 5.91 Å². The Kier molecular flexibility index (Phi) is 9.96. The van der Waals surface area contributed by atoms with E-state index in [1.165, 1.54) is 26.4 Å². The highest BCUT2D eigenvalue weighted by atomic mass is 19.1. The van der Waals surface area contributed by atoms with E-state index in [1.54, 1.807) is 18.2 Å². The smallest absolute Gasteiger partial charge is 0.258 e. The average Bonchev–Trinajstić information content (AvgIpc) is 3.28. The van der Waals surface area contributed by atoms with Gasteiger partial charge in [-0.2, -0.15) is 0 Å². The van der Waals surface area contributed by atoms with Crippen LogP contribution in [0.4, 0.5) is 4.39 Å². The van der Waals surface area contributed by atoms with Crippen molar-refractivity contribution >= 4 is 29.0 Å². The monoisotopic (exact) mass is 599 g/mol. The molecule has 9 heteroatoms. The lowest BCUT2D eigenvalue weighted by atomic mass is 10.00. The number of hydrogen-bond acceptors (Lipinski definition) is 6. The molecule has 0 saturated carbocycles. The Morgan fingerprint density at radius 1 is 0.955 bits per heavy atom. The van der Waals surface area contributed by atoms with Gasteiger partial charge in [-0.25, -0.2) is 4.39 Å². The summed E-state index contributed by atoms with van der Waals surface area (Å²) < 4.78 is 31.6. The minimum absolute atomic E-state index is 0.116. The van der Waals surface area contributed by atoms with Crippen LogP contribution in [0.2, 0.25) is 0 Å². The summed E-state index contributed by atoms with van der Waals surface area (Å²) in [6.07, 6.45) is 3.84. The second kappa shape index (κ2) is 14.2. The van der Waals surface area contributed by atoms with Crippen LogP contribution in [-0.2, 0) is 16.1 Å². The van der Waals surface area contributed by atoms with Gasteiger partial charge >= 0.3 is 0 Å². The van der Waals surface area contributed by atoms with E-state index < -0.39 is 0 Å². The maximum absolute atomic E-state index is 14.4. The van der Waals surface area contributed by atoms with E-state index in [1.807, 2.05) is 43.3 Å². The number of carbonyl (C=O) groups is 2. The number of halogens is 1. The molecule has 0 bridgehead atoms. The van der Waals surface area contributed by atoms with Crippen molar-refractivity contribution in [3.63, 3.8) is 0 Å². The molecule has 0 unspecified atom stereocenters. The molecule has 44 heavy (non-hydrogen) atoms. The molecule has 1 aliphatic carbocycles. The maximum Gasteiger partial charge on any atom is 0.258 e. The normalized spacial score (nSPS) is 15.6. The molecule has 1 heterocycles. The van der Waals surface area contributed by atoms with Crippen molar-refractivity contribution in [3.05, 3.63) is 94.3 Å². The second-order valence-electron chi connectivity index (χ2n) is 10.9. The van der Waals surface area contributed by atoms with Gasteiger partial charge in [0.15, 0.2) is 18.1 Å². The zero-order valence-electron chi connectivity index (χ0n) is 25.3. The van der Waals surface area contributed by atoms with Crippen molar-refractivity contribution < 1.29 is 28.2 Å². The van der Waals surface area contributed by atoms with Crippen LogP contribution in [0.1, 0.15) is 48.4 Å². The molecule has 8 nitrogen and oxygen atoms in total. The van der Waals surface area contributed by atoms with E-state index >= 15 is 0 Å². The highest BCUT2D eigenvalue weighted by Gasteiger charge is 2.26. The molecule has 1 fully saturated rings. The molecule has 2 amide bonds. The van der Waals surface area contributed by atoms with Crippen molar-refractivity contribution in [1.82, 2.24) is 16.0 Å². The number of allylic oxidation sites excluding steroid dienone is 2. The molecule has 230 valence electrons. The van der Waals surface area contributed by atoms with Gasteiger partial charge in [-0.1, -0.05) is 36.4 Å². The van der Waals surface area contributed by atoms with Crippen LogP contribution >= 0.6 is 0 Å². The third-order valence-electron chi connectivity index (χ3n) is 7.97. The molecule has 3 N–H and O–H groups in total. The van der Waals surface area contributed by atoms with Crippen LogP contribution in [0.5, 0.6) is 17.2 Å². The van der Waals surface area contributed by atoms with E-state index in [-0.39, 0.29) is 36.7 Å². The first-order valence-electron chi connectivity index (χ1n) is 14.8. The lowest BCUT2D eigenvalue weighted by molar-refractivity contribution is -0.124. The number of carbonyl (C=O) groups excluding carboxylic acids is 2. The van der Waals surface area contributed by atoms with Crippen LogP contribution in [0.3, 0.4) is 0 Å². The summed E-state index contributed by atoms with van der Waals surface area (Å²) in [5.74, 6) is 0.427. The molecule has 1 saturated heterocycles. The number of ether oxygens (including phenoxy) is 3. The number of hydrogen-bond donors (Lipinski definition) is 3. The van der Waals surface area contributed by atoms with E-state index in [4.69, 9.17) is 14.2 Å². The van der Waals surface area contributed by atoms with Gasteiger partial charge in [-0.3, -0.25) is 9.59 Å². The van der Waals surface area contributed by atoms with Gasteiger partial charge in [0.1, 0.15) is 5.82 Å². The molecule has 3 aromatic rings. The Bertz CT molecular complexity index is 1550. The number of fused-ring (bicyclic) bond motifs is 1.